The van der Waals surface area contributed by atoms with Crippen LogP contribution >= 0.6 is 15.9 Å². The highest BCUT2D eigenvalue weighted by atomic mass is 79.9. The molecule has 0 bridgehead atoms. The second-order valence-corrected chi connectivity index (χ2v) is 8.39. The largest absolute Gasteiger partial charge is 0.464 e. The van der Waals surface area contributed by atoms with Gasteiger partial charge >= 0.3 is 11.9 Å². The average Bonchev–Trinajstić information content (AvgIpc) is 2.66. The van der Waals surface area contributed by atoms with Gasteiger partial charge in [0.1, 0.15) is 0 Å². The number of hydrogen-bond donors (Lipinski definition) is 0. The van der Waals surface area contributed by atoms with Crippen LogP contribution in [0.3, 0.4) is 0 Å². The van der Waals surface area contributed by atoms with Gasteiger partial charge in [0.05, 0.1) is 17.6 Å². The average molecular weight is 452 g/mol. The van der Waals surface area contributed by atoms with Crippen molar-refractivity contribution < 1.29 is 27.5 Å². The number of rotatable bonds is 3. The molecule has 0 radical (unpaired) electrons. The topological polar surface area (TPSA) is 90.0 Å². The maximum atomic E-state index is 12.7. The van der Waals surface area contributed by atoms with Gasteiger partial charge in [-0.15, -0.1) is 0 Å². The number of ether oxygens (including phenoxy) is 2. The third-order valence-corrected chi connectivity index (χ3v) is 6.30. The summed E-state index contributed by atoms with van der Waals surface area (Å²) in [6.07, 6.45) is 0. The molecule has 0 N–H and O–H groups in total. The first-order valence-corrected chi connectivity index (χ1v) is 9.89. The van der Waals surface area contributed by atoms with E-state index in [4.69, 9.17) is 9.47 Å². The number of carbonyl (C=O) groups excluding carboxylic acids is 2. The zero-order valence-electron chi connectivity index (χ0n) is 14.3. The van der Waals surface area contributed by atoms with Gasteiger partial charge in [-0.3, -0.25) is 4.31 Å². The molecule has 1 heterocycles. The maximum Gasteiger partial charge on any atom is 0.359 e. The number of likely N-dealkylation sites (N-methyl/N-ethyl adjacent to an activating group) is 1. The van der Waals surface area contributed by atoms with Crippen LogP contribution in [0.5, 0.6) is 0 Å². The van der Waals surface area contributed by atoms with E-state index in [1.807, 2.05) is 0 Å². The summed E-state index contributed by atoms with van der Waals surface area (Å²) in [6.45, 7) is 0. The minimum atomic E-state index is -3.99. The molecule has 3 rings (SSSR count). The fourth-order valence-corrected chi connectivity index (χ4v) is 4.22. The van der Waals surface area contributed by atoms with Crippen molar-refractivity contribution in [3.05, 3.63) is 69.8 Å². The Hall–Kier alpha value is -2.65. The highest BCUT2D eigenvalue weighted by molar-refractivity contribution is 9.10. The van der Waals surface area contributed by atoms with Gasteiger partial charge in [0.2, 0.25) is 0 Å². The summed E-state index contributed by atoms with van der Waals surface area (Å²) in [5.74, 6) is -1.85. The Morgan fingerprint density at radius 3 is 2.26 bits per heavy atom. The molecule has 0 saturated heterocycles. The maximum absolute atomic E-state index is 12.7. The van der Waals surface area contributed by atoms with E-state index in [1.54, 1.807) is 36.4 Å². The number of nitrogens with zero attached hydrogens (tertiary/aromatic N) is 1. The van der Waals surface area contributed by atoms with E-state index in [0.717, 1.165) is 15.9 Å². The Kier molecular flexibility index (Phi) is 5.07. The number of halogens is 1. The Morgan fingerprint density at radius 1 is 1.00 bits per heavy atom. The molecule has 2 aromatic carbocycles. The molecule has 9 heteroatoms. The monoisotopic (exact) mass is 451 g/mol. The van der Waals surface area contributed by atoms with Gasteiger partial charge in [-0.25, -0.2) is 18.0 Å². The smallest absolute Gasteiger partial charge is 0.359 e. The quantitative estimate of drug-likeness (QED) is 0.666. The van der Waals surface area contributed by atoms with Crippen LogP contribution in [-0.2, 0) is 24.3 Å². The van der Waals surface area contributed by atoms with E-state index in [9.17, 15) is 18.0 Å². The van der Waals surface area contributed by atoms with Crippen LogP contribution in [0, 0.1) is 0 Å². The summed E-state index contributed by atoms with van der Waals surface area (Å²) in [4.78, 5) is 24.8. The SMILES string of the molecule is COC(=O)C1=C(OC(=O)c2ccc(Br)cc2)c2ccccc2S(=O)(=O)N1C. The van der Waals surface area contributed by atoms with Gasteiger partial charge in [0.25, 0.3) is 10.0 Å². The third kappa shape index (κ3) is 3.35. The lowest BCUT2D eigenvalue weighted by molar-refractivity contribution is -0.137. The fraction of sp³-hybridized carbons (Fsp3) is 0.111. The van der Waals surface area contributed by atoms with Crippen molar-refractivity contribution in [3.63, 3.8) is 0 Å². The normalized spacial score (nSPS) is 15.1. The summed E-state index contributed by atoms with van der Waals surface area (Å²) in [5.41, 5.74) is -0.0217. The molecule has 0 spiro atoms. The van der Waals surface area contributed by atoms with Crippen molar-refractivity contribution in [1.29, 1.82) is 0 Å². The predicted molar refractivity (Wildman–Crippen MR) is 99.9 cm³/mol. The van der Waals surface area contributed by atoms with Crippen LogP contribution in [-0.4, -0.2) is 38.8 Å². The van der Waals surface area contributed by atoms with Gasteiger partial charge in [-0.1, -0.05) is 28.1 Å². The van der Waals surface area contributed by atoms with Gasteiger partial charge in [-0.2, -0.15) is 0 Å². The Balaban J connectivity index is 2.17. The summed E-state index contributed by atoms with van der Waals surface area (Å²) in [5, 5.41) is 0. The van der Waals surface area contributed by atoms with Crippen LogP contribution in [0.25, 0.3) is 5.76 Å². The fourth-order valence-electron chi connectivity index (χ4n) is 2.58. The van der Waals surface area contributed by atoms with Crippen molar-refractivity contribution in [1.82, 2.24) is 4.31 Å². The molecule has 0 aromatic heterocycles. The van der Waals surface area contributed by atoms with E-state index in [1.165, 1.54) is 19.2 Å². The predicted octanol–water partition coefficient (Wildman–Crippen LogP) is 2.78. The van der Waals surface area contributed by atoms with E-state index < -0.39 is 22.0 Å². The lowest BCUT2D eigenvalue weighted by Gasteiger charge is -2.29. The Labute approximate surface area is 164 Å². The molecule has 0 atom stereocenters. The molecule has 7 nitrogen and oxygen atoms in total. The van der Waals surface area contributed by atoms with Crippen LogP contribution in [0.4, 0.5) is 0 Å². The number of carbonyl (C=O) groups is 2. The zero-order chi connectivity index (χ0) is 19.8. The summed E-state index contributed by atoms with van der Waals surface area (Å²) >= 11 is 3.28. The lowest BCUT2D eigenvalue weighted by atomic mass is 10.1. The van der Waals surface area contributed by atoms with E-state index in [-0.39, 0.29) is 27.5 Å². The number of benzene rings is 2. The number of methoxy groups -OCH3 is 1. The molecule has 0 aliphatic carbocycles. The van der Waals surface area contributed by atoms with Crippen molar-refractivity contribution in [3.8, 4) is 0 Å². The number of sulfonamides is 1. The van der Waals surface area contributed by atoms with Crippen molar-refractivity contribution in [2.45, 2.75) is 4.90 Å². The summed E-state index contributed by atoms with van der Waals surface area (Å²) in [6, 6.07) is 12.4. The van der Waals surface area contributed by atoms with Gasteiger partial charge < -0.3 is 9.47 Å². The number of esters is 2. The summed E-state index contributed by atoms with van der Waals surface area (Å²) in [7, 11) is -1.67. The second kappa shape index (κ2) is 7.16. The van der Waals surface area contributed by atoms with Crippen LogP contribution in [0.15, 0.2) is 63.6 Å². The lowest BCUT2D eigenvalue weighted by Crippen LogP contribution is -2.36. The van der Waals surface area contributed by atoms with Crippen LogP contribution in [0.1, 0.15) is 15.9 Å². The Bertz CT molecular complexity index is 1060. The molecule has 1 aliphatic rings. The summed E-state index contributed by atoms with van der Waals surface area (Å²) < 4.78 is 37.1. The molecular formula is C18H14BrNO6S. The molecule has 0 amide bonds. The minimum Gasteiger partial charge on any atom is -0.464 e. The first-order valence-electron chi connectivity index (χ1n) is 7.66. The van der Waals surface area contributed by atoms with E-state index >= 15 is 0 Å². The highest BCUT2D eigenvalue weighted by Crippen LogP contribution is 2.37. The third-order valence-electron chi connectivity index (χ3n) is 3.95. The first kappa shape index (κ1) is 19.1. The molecule has 140 valence electrons. The molecule has 1 aliphatic heterocycles. The molecular weight excluding hydrogens is 438 g/mol. The van der Waals surface area contributed by atoms with Crippen molar-refractivity contribution >= 4 is 43.7 Å². The molecule has 27 heavy (non-hydrogen) atoms. The van der Waals surface area contributed by atoms with Crippen molar-refractivity contribution in [2.24, 2.45) is 0 Å². The van der Waals surface area contributed by atoms with Crippen molar-refractivity contribution in [2.75, 3.05) is 14.2 Å². The molecule has 0 fully saturated rings. The van der Waals surface area contributed by atoms with Crippen LogP contribution < -0.4 is 0 Å². The second-order valence-electron chi connectivity index (χ2n) is 5.53. The van der Waals surface area contributed by atoms with Gasteiger partial charge in [0, 0.05) is 17.1 Å². The van der Waals surface area contributed by atoms with Gasteiger partial charge in [-0.05, 0) is 36.4 Å². The highest BCUT2D eigenvalue weighted by Gasteiger charge is 2.40. The van der Waals surface area contributed by atoms with E-state index in [2.05, 4.69) is 15.9 Å². The molecule has 0 unspecified atom stereocenters. The minimum absolute atomic E-state index is 0.0706. The van der Waals surface area contributed by atoms with Crippen LogP contribution in [0.2, 0.25) is 0 Å². The number of hydrogen-bond acceptors (Lipinski definition) is 6. The Morgan fingerprint density at radius 2 is 1.63 bits per heavy atom. The number of fused-ring (bicyclic) bond motifs is 1. The molecule has 2 aromatic rings. The zero-order valence-corrected chi connectivity index (χ0v) is 16.7. The first-order chi connectivity index (χ1) is 12.8. The standard InChI is InChI=1S/C18H14BrNO6S/c1-20-15(18(22)25-2)16(13-5-3-4-6-14(13)27(20,23)24)26-17(21)11-7-9-12(19)10-8-11/h3-10H,1-2H3. The van der Waals surface area contributed by atoms with Gasteiger partial charge in [0.15, 0.2) is 11.5 Å². The molecule has 0 saturated carbocycles. The van der Waals surface area contributed by atoms with E-state index in [0.29, 0.717) is 0 Å².